The van der Waals surface area contributed by atoms with Gasteiger partial charge in [-0.15, -0.1) is 0 Å². The van der Waals surface area contributed by atoms with Crippen LogP contribution in [0.1, 0.15) is 31.7 Å². The molecule has 1 aromatic rings. The number of benzene rings is 1. The molecule has 1 heterocycles. The zero-order valence-electron chi connectivity index (χ0n) is 14.5. The van der Waals surface area contributed by atoms with Crippen LogP contribution in [0, 0.1) is 5.41 Å². The highest BCUT2D eigenvalue weighted by Crippen LogP contribution is 2.42. The van der Waals surface area contributed by atoms with Gasteiger partial charge in [0.1, 0.15) is 5.75 Å². The molecule has 1 aliphatic heterocycles. The third-order valence-electron chi connectivity index (χ3n) is 5.35. The number of ether oxygens (including phenoxy) is 2. The molecule has 1 aromatic carbocycles. The highest BCUT2D eigenvalue weighted by molar-refractivity contribution is 5.28. The fraction of sp³-hybridized carbons (Fsp3) is 0.684. The Morgan fingerprint density at radius 2 is 2.22 bits per heavy atom. The molecule has 4 nitrogen and oxygen atoms in total. The molecule has 1 aliphatic carbocycles. The Bertz CT molecular complexity index is 502. The standard InChI is InChI=1S/C19H30N2O2/c1-16-12-20-9-10-21(16)14-19(7-4-8-19)15-23-18-6-3-5-17(11-18)13-22-2/h3,5-6,11,16,20H,4,7-10,12-15H2,1-2H3. The van der Waals surface area contributed by atoms with Crippen LogP contribution >= 0.6 is 0 Å². The summed E-state index contributed by atoms with van der Waals surface area (Å²) in [5.41, 5.74) is 1.52. The van der Waals surface area contributed by atoms with Gasteiger partial charge in [0.25, 0.3) is 0 Å². The third kappa shape index (κ3) is 4.25. The van der Waals surface area contributed by atoms with Gasteiger partial charge in [0.15, 0.2) is 0 Å². The molecule has 1 saturated heterocycles. The molecule has 0 spiro atoms. The second kappa shape index (κ2) is 7.65. The summed E-state index contributed by atoms with van der Waals surface area (Å²) in [6.45, 7) is 8.35. The van der Waals surface area contributed by atoms with Gasteiger partial charge in [-0.05, 0) is 37.5 Å². The Kier molecular flexibility index (Phi) is 5.57. The predicted octanol–water partition coefficient (Wildman–Crippen LogP) is 2.68. The summed E-state index contributed by atoms with van der Waals surface area (Å²) in [4.78, 5) is 2.64. The molecule has 1 unspecified atom stereocenters. The predicted molar refractivity (Wildman–Crippen MR) is 92.8 cm³/mol. The lowest BCUT2D eigenvalue weighted by atomic mass is 9.68. The Balaban J connectivity index is 1.57. The summed E-state index contributed by atoms with van der Waals surface area (Å²) in [6.07, 6.45) is 3.93. The molecule has 0 bridgehead atoms. The van der Waals surface area contributed by atoms with E-state index in [2.05, 4.69) is 41.4 Å². The average molecular weight is 318 g/mol. The van der Waals surface area contributed by atoms with Crippen LogP contribution in [-0.2, 0) is 11.3 Å². The van der Waals surface area contributed by atoms with Crippen molar-refractivity contribution in [2.24, 2.45) is 5.41 Å². The highest BCUT2D eigenvalue weighted by atomic mass is 16.5. The van der Waals surface area contributed by atoms with Crippen LogP contribution in [0.15, 0.2) is 24.3 Å². The maximum absolute atomic E-state index is 6.18. The van der Waals surface area contributed by atoms with Crippen molar-refractivity contribution in [3.8, 4) is 5.75 Å². The Morgan fingerprint density at radius 3 is 2.91 bits per heavy atom. The molecule has 0 amide bonds. The SMILES string of the molecule is COCc1cccc(OCC2(CN3CCNCC3C)CCC2)c1. The van der Waals surface area contributed by atoms with Gasteiger partial charge in [0, 0.05) is 44.7 Å². The maximum Gasteiger partial charge on any atom is 0.119 e. The van der Waals surface area contributed by atoms with Gasteiger partial charge >= 0.3 is 0 Å². The number of hydrogen-bond donors (Lipinski definition) is 1. The van der Waals surface area contributed by atoms with Crippen LogP contribution in [0.3, 0.4) is 0 Å². The maximum atomic E-state index is 6.18. The van der Waals surface area contributed by atoms with Crippen molar-refractivity contribution in [3.05, 3.63) is 29.8 Å². The topological polar surface area (TPSA) is 33.7 Å². The highest BCUT2D eigenvalue weighted by Gasteiger charge is 2.40. The first-order valence-electron chi connectivity index (χ1n) is 8.86. The molecule has 0 radical (unpaired) electrons. The van der Waals surface area contributed by atoms with E-state index in [0.717, 1.165) is 32.0 Å². The number of nitrogens with zero attached hydrogens (tertiary/aromatic N) is 1. The molecule has 3 rings (SSSR count). The average Bonchev–Trinajstić information content (AvgIpc) is 2.52. The Hall–Kier alpha value is -1.10. The van der Waals surface area contributed by atoms with E-state index in [9.17, 15) is 0 Å². The molecule has 128 valence electrons. The molecule has 4 heteroatoms. The number of rotatable bonds is 7. The first-order chi connectivity index (χ1) is 11.2. The first kappa shape index (κ1) is 16.7. The van der Waals surface area contributed by atoms with E-state index in [1.165, 1.54) is 31.4 Å². The van der Waals surface area contributed by atoms with Gasteiger partial charge < -0.3 is 14.8 Å². The fourth-order valence-corrected chi connectivity index (χ4v) is 3.70. The molecule has 23 heavy (non-hydrogen) atoms. The van der Waals surface area contributed by atoms with E-state index in [1.807, 2.05) is 0 Å². The van der Waals surface area contributed by atoms with E-state index in [1.54, 1.807) is 7.11 Å². The second-order valence-electron chi connectivity index (χ2n) is 7.25. The summed E-state index contributed by atoms with van der Waals surface area (Å²) in [7, 11) is 1.73. The van der Waals surface area contributed by atoms with Crippen molar-refractivity contribution in [2.45, 2.75) is 38.8 Å². The summed E-state index contributed by atoms with van der Waals surface area (Å²) in [5.74, 6) is 0.971. The smallest absolute Gasteiger partial charge is 0.119 e. The lowest BCUT2D eigenvalue weighted by Gasteiger charge is -2.47. The van der Waals surface area contributed by atoms with Crippen LogP contribution in [0.5, 0.6) is 5.75 Å². The largest absolute Gasteiger partial charge is 0.493 e. The zero-order valence-corrected chi connectivity index (χ0v) is 14.5. The van der Waals surface area contributed by atoms with Crippen molar-refractivity contribution in [2.75, 3.05) is 39.9 Å². The minimum atomic E-state index is 0.350. The molecule has 1 saturated carbocycles. The van der Waals surface area contributed by atoms with E-state index in [-0.39, 0.29) is 0 Å². The zero-order chi connectivity index (χ0) is 16.1. The van der Waals surface area contributed by atoms with Crippen molar-refractivity contribution < 1.29 is 9.47 Å². The second-order valence-corrected chi connectivity index (χ2v) is 7.25. The van der Waals surface area contributed by atoms with E-state index < -0.39 is 0 Å². The number of nitrogens with one attached hydrogen (secondary N) is 1. The Morgan fingerprint density at radius 1 is 1.35 bits per heavy atom. The summed E-state index contributed by atoms with van der Waals surface area (Å²) in [6, 6.07) is 8.92. The van der Waals surface area contributed by atoms with Gasteiger partial charge in [-0.2, -0.15) is 0 Å². The molecule has 2 aliphatic rings. The Labute approximate surface area is 140 Å². The lowest BCUT2D eigenvalue weighted by molar-refractivity contribution is 0.000777. The molecular formula is C19H30N2O2. The van der Waals surface area contributed by atoms with Gasteiger partial charge in [-0.25, -0.2) is 0 Å². The summed E-state index contributed by atoms with van der Waals surface area (Å²) >= 11 is 0. The van der Waals surface area contributed by atoms with Gasteiger partial charge in [-0.1, -0.05) is 18.6 Å². The molecule has 2 fully saturated rings. The van der Waals surface area contributed by atoms with Crippen LogP contribution in [0.2, 0.25) is 0 Å². The molecule has 0 aromatic heterocycles. The van der Waals surface area contributed by atoms with Crippen molar-refractivity contribution in [1.82, 2.24) is 10.2 Å². The van der Waals surface area contributed by atoms with E-state index in [0.29, 0.717) is 18.1 Å². The van der Waals surface area contributed by atoms with Crippen LogP contribution in [0.25, 0.3) is 0 Å². The molecular weight excluding hydrogens is 288 g/mol. The normalized spacial score (nSPS) is 24.2. The fourth-order valence-electron chi connectivity index (χ4n) is 3.70. The first-order valence-corrected chi connectivity index (χ1v) is 8.86. The van der Waals surface area contributed by atoms with Crippen molar-refractivity contribution in [1.29, 1.82) is 0 Å². The molecule has 1 N–H and O–H groups in total. The minimum Gasteiger partial charge on any atom is -0.493 e. The van der Waals surface area contributed by atoms with E-state index >= 15 is 0 Å². The third-order valence-corrected chi connectivity index (χ3v) is 5.35. The van der Waals surface area contributed by atoms with Crippen LogP contribution < -0.4 is 10.1 Å². The number of piperazine rings is 1. The van der Waals surface area contributed by atoms with Crippen molar-refractivity contribution in [3.63, 3.8) is 0 Å². The minimum absolute atomic E-state index is 0.350. The summed E-state index contributed by atoms with van der Waals surface area (Å²) < 4.78 is 11.4. The lowest BCUT2D eigenvalue weighted by Crippen LogP contribution is -2.55. The molecule has 1 atom stereocenters. The number of hydrogen-bond acceptors (Lipinski definition) is 4. The van der Waals surface area contributed by atoms with Crippen LogP contribution in [0.4, 0.5) is 0 Å². The van der Waals surface area contributed by atoms with Gasteiger partial charge in [0.2, 0.25) is 0 Å². The van der Waals surface area contributed by atoms with Crippen LogP contribution in [-0.4, -0.2) is 50.8 Å². The van der Waals surface area contributed by atoms with Crippen molar-refractivity contribution >= 4 is 0 Å². The summed E-state index contributed by atoms with van der Waals surface area (Å²) in [5, 5.41) is 3.48. The quantitative estimate of drug-likeness (QED) is 0.838. The van der Waals surface area contributed by atoms with Gasteiger partial charge in [0.05, 0.1) is 13.2 Å². The van der Waals surface area contributed by atoms with E-state index in [4.69, 9.17) is 9.47 Å². The number of methoxy groups -OCH3 is 1. The monoisotopic (exact) mass is 318 g/mol. The van der Waals surface area contributed by atoms with Gasteiger partial charge in [-0.3, -0.25) is 4.90 Å².